The Balaban J connectivity index is 1.98. The van der Waals surface area contributed by atoms with E-state index in [9.17, 15) is 4.39 Å². The number of methoxy groups -OCH3 is 1. The van der Waals surface area contributed by atoms with Crippen molar-refractivity contribution in [2.24, 2.45) is 0 Å². The molecular formula is C15H22FNOS. The van der Waals surface area contributed by atoms with E-state index in [4.69, 9.17) is 4.74 Å². The normalized spacial score (nSPS) is 24.4. The third kappa shape index (κ3) is 3.63. The minimum atomic E-state index is -0.196. The molecule has 1 aliphatic rings. The lowest BCUT2D eigenvalue weighted by atomic mass is 10.1. The average molecular weight is 283 g/mol. The van der Waals surface area contributed by atoms with E-state index in [2.05, 4.69) is 11.6 Å². The Hall–Kier alpha value is -0.740. The molecule has 0 aromatic heterocycles. The van der Waals surface area contributed by atoms with Crippen LogP contribution in [0.25, 0.3) is 0 Å². The maximum absolute atomic E-state index is 14.0. The molecule has 3 atom stereocenters. The molecule has 0 aliphatic heterocycles. The van der Waals surface area contributed by atoms with Crippen LogP contribution in [0.3, 0.4) is 0 Å². The van der Waals surface area contributed by atoms with Crippen LogP contribution in [0, 0.1) is 5.82 Å². The van der Waals surface area contributed by atoms with Crippen LogP contribution in [0.2, 0.25) is 0 Å². The van der Waals surface area contributed by atoms with E-state index in [-0.39, 0.29) is 11.9 Å². The molecule has 0 amide bonds. The fraction of sp³-hybridized carbons (Fsp3) is 0.600. The molecule has 0 heterocycles. The number of benzene rings is 1. The van der Waals surface area contributed by atoms with Gasteiger partial charge in [-0.3, -0.25) is 0 Å². The summed E-state index contributed by atoms with van der Waals surface area (Å²) in [5, 5.41) is 4.30. The Morgan fingerprint density at radius 1 is 1.42 bits per heavy atom. The molecule has 1 aromatic carbocycles. The van der Waals surface area contributed by atoms with Gasteiger partial charge in [-0.25, -0.2) is 4.39 Å². The monoisotopic (exact) mass is 283 g/mol. The van der Waals surface area contributed by atoms with Crippen molar-refractivity contribution in [3.8, 4) is 5.75 Å². The largest absolute Gasteiger partial charge is 0.497 e. The first-order valence-corrected chi connectivity index (χ1v) is 8.05. The number of ether oxygens (including phenoxy) is 1. The molecule has 1 aliphatic carbocycles. The van der Waals surface area contributed by atoms with Crippen molar-refractivity contribution in [3.05, 3.63) is 29.6 Å². The Kier molecular flexibility index (Phi) is 5.11. The fourth-order valence-electron chi connectivity index (χ4n) is 2.73. The lowest BCUT2D eigenvalue weighted by molar-refractivity contribution is 0.407. The number of rotatable bonds is 5. The van der Waals surface area contributed by atoms with Crippen molar-refractivity contribution >= 4 is 11.8 Å². The Morgan fingerprint density at radius 3 is 2.79 bits per heavy atom. The summed E-state index contributed by atoms with van der Waals surface area (Å²) in [6, 6.07) is 5.63. The Morgan fingerprint density at radius 2 is 2.21 bits per heavy atom. The summed E-state index contributed by atoms with van der Waals surface area (Å²) < 4.78 is 19.0. The second-order valence-corrected chi connectivity index (χ2v) is 6.28. The summed E-state index contributed by atoms with van der Waals surface area (Å²) in [5.41, 5.74) is 0.716. The molecule has 0 spiro atoms. The zero-order valence-electron chi connectivity index (χ0n) is 11.8. The minimum absolute atomic E-state index is 0.0384. The lowest BCUT2D eigenvalue weighted by Crippen LogP contribution is -2.30. The first kappa shape index (κ1) is 14.7. The topological polar surface area (TPSA) is 21.3 Å². The molecule has 1 fully saturated rings. The molecule has 1 aromatic rings. The van der Waals surface area contributed by atoms with Crippen LogP contribution in [0.1, 0.15) is 37.8 Å². The van der Waals surface area contributed by atoms with E-state index in [0.717, 1.165) is 5.25 Å². The molecule has 0 saturated heterocycles. The van der Waals surface area contributed by atoms with Crippen molar-refractivity contribution in [1.29, 1.82) is 0 Å². The maximum Gasteiger partial charge on any atom is 0.131 e. The van der Waals surface area contributed by atoms with Crippen molar-refractivity contribution in [2.75, 3.05) is 13.4 Å². The molecule has 0 bridgehead atoms. The van der Waals surface area contributed by atoms with Gasteiger partial charge in [0.1, 0.15) is 11.6 Å². The van der Waals surface area contributed by atoms with Crippen LogP contribution in [-0.4, -0.2) is 24.7 Å². The molecule has 3 unspecified atom stereocenters. The van der Waals surface area contributed by atoms with E-state index < -0.39 is 0 Å². The van der Waals surface area contributed by atoms with Gasteiger partial charge >= 0.3 is 0 Å². The number of nitrogens with one attached hydrogen (secondary N) is 1. The van der Waals surface area contributed by atoms with Crippen LogP contribution in [0.15, 0.2) is 18.2 Å². The molecule has 4 heteroatoms. The van der Waals surface area contributed by atoms with Gasteiger partial charge in [0, 0.05) is 29.0 Å². The van der Waals surface area contributed by atoms with E-state index in [1.54, 1.807) is 7.11 Å². The maximum atomic E-state index is 14.0. The summed E-state index contributed by atoms with van der Waals surface area (Å²) >= 11 is 1.94. The molecule has 106 valence electrons. The van der Waals surface area contributed by atoms with Gasteiger partial charge in [-0.1, -0.05) is 6.07 Å². The van der Waals surface area contributed by atoms with Crippen molar-refractivity contribution in [1.82, 2.24) is 5.32 Å². The van der Waals surface area contributed by atoms with Gasteiger partial charge in [0.2, 0.25) is 0 Å². The molecule has 2 nitrogen and oxygen atoms in total. The predicted octanol–water partition coefficient (Wildman–Crippen LogP) is 3.77. The summed E-state index contributed by atoms with van der Waals surface area (Å²) in [4.78, 5) is 0. The Bertz CT molecular complexity index is 427. The first-order chi connectivity index (χ1) is 9.13. The molecule has 1 saturated carbocycles. The van der Waals surface area contributed by atoms with Crippen LogP contribution >= 0.6 is 11.8 Å². The quantitative estimate of drug-likeness (QED) is 0.889. The molecular weight excluding hydrogens is 261 g/mol. The third-order valence-corrected chi connectivity index (χ3v) is 4.97. The number of halogens is 1. The van der Waals surface area contributed by atoms with Crippen molar-refractivity contribution in [3.63, 3.8) is 0 Å². The number of hydrogen-bond acceptors (Lipinski definition) is 3. The number of hydrogen-bond donors (Lipinski definition) is 1. The van der Waals surface area contributed by atoms with Gasteiger partial charge in [-0.2, -0.15) is 11.8 Å². The van der Waals surface area contributed by atoms with Crippen LogP contribution < -0.4 is 10.1 Å². The number of thioether (sulfide) groups is 1. The van der Waals surface area contributed by atoms with Crippen LogP contribution in [0.4, 0.5) is 4.39 Å². The predicted molar refractivity (Wildman–Crippen MR) is 79.4 cm³/mol. The highest BCUT2D eigenvalue weighted by atomic mass is 32.2. The van der Waals surface area contributed by atoms with Crippen LogP contribution in [-0.2, 0) is 0 Å². The second-order valence-electron chi connectivity index (χ2n) is 5.14. The highest BCUT2D eigenvalue weighted by Crippen LogP contribution is 2.30. The zero-order valence-corrected chi connectivity index (χ0v) is 12.6. The van der Waals surface area contributed by atoms with E-state index >= 15 is 0 Å². The van der Waals surface area contributed by atoms with Crippen molar-refractivity contribution < 1.29 is 9.13 Å². The molecule has 19 heavy (non-hydrogen) atoms. The smallest absolute Gasteiger partial charge is 0.131 e. The molecule has 0 radical (unpaired) electrons. The third-order valence-electron chi connectivity index (χ3n) is 3.88. The highest BCUT2D eigenvalue weighted by molar-refractivity contribution is 7.99. The van der Waals surface area contributed by atoms with Gasteiger partial charge < -0.3 is 10.1 Å². The average Bonchev–Trinajstić information content (AvgIpc) is 2.86. The summed E-state index contributed by atoms with van der Waals surface area (Å²) in [7, 11) is 1.55. The van der Waals surface area contributed by atoms with E-state index in [0.29, 0.717) is 17.4 Å². The van der Waals surface area contributed by atoms with E-state index in [1.165, 1.54) is 25.3 Å². The Labute approximate surface area is 119 Å². The second kappa shape index (κ2) is 6.62. The van der Waals surface area contributed by atoms with Crippen molar-refractivity contribution in [2.45, 2.75) is 43.5 Å². The van der Waals surface area contributed by atoms with E-state index in [1.807, 2.05) is 30.8 Å². The molecule has 2 rings (SSSR count). The minimum Gasteiger partial charge on any atom is -0.497 e. The van der Waals surface area contributed by atoms with Crippen LogP contribution in [0.5, 0.6) is 5.75 Å². The van der Waals surface area contributed by atoms with Gasteiger partial charge in [-0.15, -0.1) is 0 Å². The van der Waals surface area contributed by atoms with Gasteiger partial charge in [0.25, 0.3) is 0 Å². The SMILES string of the molecule is COc1ccc(C(C)NC2CCC(SC)C2)c(F)c1. The van der Waals surface area contributed by atoms with Gasteiger partial charge in [-0.05, 0) is 38.5 Å². The highest BCUT2D eigenvalue weighted by Gasteiger charge is 2.25. The summed E-state index contributed by atoms with van der Waals surface area (Å²) in [5.74, 6) is 0.371. The van der Waals surface area contributed by atoms with Gasteiger partial charge in [0.05, 0.1) is 7.11 Å². The summed E-state index contributed by atoms with van der Waals surface area (Å²) in [6.07, 6.45) is 5.80. The first-order valence-electron chi connectivity index (χ1n) is 6.76. The summed E-state index contributed by atoms with van der Waals surface area (Å²) in [6.45, 7) is 2.03. The zero-order chi connectivity index (χ0) is 13.8. The lowest BCUT2D eigenvalue weighted by Gasteiger charge is -2.20. The standard InChI is InChI=1S/C15H22FNOS/c1-10(17-11-4-6-13(8-11)19-3)14-7-5-12(18-2)9-15(14)16/h5,7,9-11,13,17H,4,6,8H2,1-3H3. The molecule has 1 N–H and O–H groups in total. The van der Waals surface area contributed by atoms with Gasteiger partial charge in [0.15, 0.2) is 0 Å². The fourth-order valence-corrected chi connectivity index (χ4v) is 3.53.